The summed E-state index contributed by atoms with van der Waals surface area (Å²) in [4.78, 5) is 17.8. The van der Waals surface area contributed by atoms with Crippen LogP contribution in [0.25, 0.3) is 16.7 Å². The summed E-state index contributed by atoms with van der Waals surface area (Å²) in [5, 5.41) is 8.93. The SMILES string of the molecule is CC[C@@H](C)n1c(=N)c(S(=O)(=O)c2ccc(C)cc2)cc2c(=O)n3cc(C)ccc3nc21. The van der Waals surface area contributed by atoms with E-state index >= 15 is 0 Å². The molecule has 4 rings (SSSR count). The number of aryl methyl sites for hydroxylation is 2. The highest BCUT2D eigenvalue weighted by molar-refractivity contribution is 7.91. The number of hydrogen-bond donors (Lipinski definition) is 1. The van der Waals surface area contributed by atoms with Crippen molar-refractivity contribution >= 4 is 26.5 Å². The molecule has 0 amide bonds. The molecule has 1 aromatic carbocycles. The van der Waals surface area contributed by atoms with Crippen LogP contribution in [0.3, 0.4) is 0 Å². The molecular weight excluding hydrogens is 412 g/mol. The Morgan fingerprint density at radius 3 is 2.35 bits per heavy atom. The Morgan fingerprint density at radius 1 is 1.06 bits per heavy atom. The number of hydrogen-bond acceptors (Lipinski definition) is 5. The third-order valence-corrected chi connectivity index (χ3v) is 7.40. The lowest BCUT2D eigenvalue weighted by Gasteiger charge is -2.19. The molecule has 0 aliphatic heterocycles. The maximum absolute atomic E-state index is 13.4. The van der Waals surface area contributed by atoms with Crippen molar-refractivity contribution in [3.8, 4) is 0 Å². The highest BCUT2D eigenvalue weighted by atomic mass is 32.2. The third kappa shape index (κ3) is 3.37. The van der Waals surface area contributed by atoms with Crippen molar-refractivity contribution in [1.29, 1.82) is 5.41 Å². The highest BCUT2D eigenvalue weighted by Gasteiger charge is 2.25. The number of pyridine rings is 2. The number of aromatic nitrogens is 3. The molecule has 7 nitrogen and oxygen atoms in total. The molecule has 160 valence electrons. The first-order valence-electron chi connectivity index (χ1n) is 10.1. The van der Waals surface area contributed by atoms with Gasteiger partial charge in [0.2, 0.25) is 9.84 Å². The van der Waals surface area contributed by atoms with Gasteiger partial charge >= 0.3 is 0 Å². The van der Waals surface area contributed by atoms with E-state index in [4.69, 9.17) is 5.41 Å². The van der Waals surface area contributed by atoms with Gasteiger partial charge in [0.1, 0.15) is 21.7 Å². The van der Waals surface area contributed by atoms with Gasteiger partial charge in [-0.2, -0.15) is 0 Å². The number of fused-ring (bicyclic) bond motifs is 2. The molecule has 0 spiro atoms. The van der Waals surface area contributed by atoms with Crippen molar-refractivity contribution in [2.24, 2.45) is 0 Å². The summed E-state index contributed by atoms with van der Waals surface area (Å²) in [5.74, 6) is 0. The lowest BCUT2D eigenvalue weighted by Crippen LogP contribution is -2.31. The molecule has 31 heavy (non-hydrogen) atoms. The number of rotatable bonds is 4. The summed E-state index contributed by atoms with van der Waals surface area (Å²) in [6, 6.07) is 11.2. The average Bonchev–Trinajstić information content (AvgIpc) is 2.74. The van der Waals surface area contributed by atoms with Gasteiger partial charge in [-0.25, -0.2) is 13.4 Å². The van der Waals surface area contributed by atoms with Gasteiger partial charge in [-0.05, 0) is 57.0 Å². The Balaban J connectivity index is 2.17. The van der Waals surface area contributed by atoms with Crippen LogP contribution < -0.4 is 11.0 Å². The topological polar surface area (TPSA) is 97.3 Å². The summed E-state index contributed by atoms with van der Waals surface area (Å²) in [6.45, 7) is 7.58. The molecular formula is C23H24N4O3S. The largest absolute Gasteiger partial charge is 0.307 e. The van der Waals surface area contributed by atoms with E-state index in [0.29, 0.717) is 17.7 Å². The van der Waals surface area contributed by atoms with Gasteiger partial charge < -0.3 is 4.57 Å². The molecule has 1 N–H and O–H groups in total. The highest BCUT2D eigenvalue weighted by Crippen LogP contribution is 2.23. The van der Waals surface area contributed by atoms with Gasteiger partial charge in [0.05, 0.1) is 10.3 Å². The van der Waals surface area contributed by atoms with Crippen molar-refractivity contribution in [2.45, 2.75) is 49.9 Å². The van der Waals surface area contributed by atoms with E-state index in [1.54, 1.807) is 29.0 Å². The molecule has 0 bridgehead atoms. The molecule has 0 unspecified atom stereocenters. The average molecular weight is 437 g/mol. The molecule has 3 heterocycles. The molecule has 0 saturated carbocycles. The lowest BCUT2D eigenvalue weighted by atomic mass is 10.2. The van der Waals surface area contributed by atoms with Gasteiger partial charge in [-0.3, -0.25) is 14.6 Å². The number of benzene rings is 1. The molecule has 1 atom stereocenters. The monoisotopic (exact) mass is 436 g/mol. The van der Waals surface area contributed by atoms with Crippen molar-refractivity contribution in [1.82, 2.24) is 14.0 Å². The van der Waals surface area contributed by atoms with Crippen LogP contribution in [0.1, 0.15) is 37.4 Å². The minimum Gasteiger partial charge on any atom is -0.307 e. The molecule has 3 aromatic heterocycles. The van der Waals surface area contributed by atoms with Crippen LogP contribution in [0.2, 0.25) is 0 Å². The number of nitrogens with zero attached hydrogens (tertiary/aromatic N) is 3. The minimum atomic E-state index is -4.00. The van der Waals surface area contributed by atoms with E-state index in [9.17, 15) is 13.2 Å². The second-order valence-corrected chi connectivity index (χ2v) is 9.81. The first-order chi connectivity index (χ1) is 14.6. The fourth-order valence-electron chi connectivity index (χ4n) is 3.64. The third-order valence-electron chi connectivity index (χ3n) is 5.62. The van der Waals surface area contributed by atoms with Gasteiger partial charge in [-0.15, -0.1) is 0 Å². The van der Waals surface area contributed by atoms with Gasteiger partial charge in [0, 0.05) is 12.2 Å². The zero-order chi connectivity index (χ0) is 22.5. The zero-order valence-corrected chi connectivity index (χ0v) is 18.7. The Labute approximate surface area is 180 Å². The van der Waals surface area contributed by atoms with E-state index in [1.165, 1.54) is 22.6 Å². The van der Waals surface area contributed by atoms with E-state index in [-0.39, 0.29) is 32.3 Å². The van der Waals surface area contributed by atoms with E-state index < -0.39 is 9.84 Å². The Bertz CT molecular complexity index is 1550. The Kier molecular flexibility index (Phi) is 5.05. The van der Waals surface area contributed by atoms with Crippen molar-refractivity contribution < 1.29 is 8.42 Å². The first-order valence-corrected chi connectivity index (χ1v) is 11.6. The minimum absolute atomic E-state index is 0.0892. The normalized spacial score (nSPS) is 13.0. The molecule has 4 aromatic rings. The molecule has 8 heteroatoms. The van der Waals surface area contributed by atoms with E-state index in [1.807, 2.05) is 33.8 Å². The van der Waals surface area contributed by atoms with Gasteiger partial charge in [-0.1, -0.05) is 30.7 Å². The van der Waals surface area contributed by atoms with Crippen LogP contribution in [0.5, 0.6) is 0 Å². The van der Waals surface area contributed by atoms with Gasteiger partial charge in [0.25, 0.3) is 5.56 Å². The summed E-state index contributed by atoms with van der Waals surface area (Å²) < 4.78 is 29.9. The van der Waals surface area contributed by atoms with Crippen molar-refractivity contribution in [3.05, 3.63) is 75.6 Å². The van der Waals surface area contributed by atoms with Crippen molar-refractivity contribution in [3.63, 3.8) is 0 Å². The Morgan fingerprint density at radius 2 is 1.71 bits per heavy atom. The van der Waals surface area contributed by atoms with Crippen LogP contribution in [0.15, 0.2) is 63.2 Å². The molecule has 0 aliphatic carbocycles. The standard InChI is InChI=1S/C23H24N4O3S/c1-5-16(4)27-21(24)19(31(29,30)17-9-6-14(2)7-10-17)12-18-22(27)25-20-11-8-15(3)13-26(20)23(18)28/h6-13,16,24H,5H2,1-4H3/t16-/m1/s1. The number of nitrogens with one attached hydrogen (secondary N) is 1. The van der Waals surface area contributed by atoms with Crippen LogP contribution in [0, 0.1) is 19.3 Å². The van der Waals surface area contributed by atoms with Crippen LogP contribution >= 0.6 is 0 Å². The maximum Gasteiger partial charge on any atom is 0.267 e. The van der Waals surface area contributed by atoms with Crippen molar-refractivity contribution in [2.75, 3.05) is 0 Å². The number of sulfone groups is 1. The fourth-order valence-corrected chi connectivity index (χ4v) is 5.02. The molecule has 0 saturated heterocycles. The molecule has 0 radical (unpaired) electrons. The molecule has 0 fully saturated rings. The predicted octanol–water partition coefficient (Wildman–Crippen LogP) is 3.55. The first kappa shape index (κ1) is 21.0. The summed E-state index contributed by atoms with van der Waals surface area (Å²) >= 11 is 0. The van der Waals surface area contributed by atoms with Crippen LogP contribution in [-0.4, -0.2) is 22.4 Å². The summed E-state index contributed by atoms with van der Waals surface area (Å²) in [7, 11) is -4.00. The quantitative estimate of drug-likeness (QED) is 0.495. The maximum atomic E-state index is 13.4. The predicted molar refractivity (Wildman–Crippen MR) is 119 cm³/mol. The Hall–Kier alpha value is -3.26. The fraction of sp³-hybridized carbons (Fsp3) is 0.261. The van der Waals surface area contributed by atoms with Gasteiger partial charge in [0.15, 0.2) is 0 Å². The van der Waals surface area contributed by atoms with Crippen LogP contribution in [-0.2, 0) is 9.84 Å². The van der Waals surface area contributed by atoms with E-state index in [0.717, 1.165) is 11.1 Å². The second kappa shape index (κ2) is 7.46. The molecule has 0 aliphatic rings. The zero-order valence-electron chi connectivity index (χ0n) is 17.9. The summed E-state index contributed by atoms with van der Waals surface area (Å²) in [6.07, 6.45) is 2.33. The smallest absolute Gasteiger partial charge is 0.267 e. The second-order valence-electron chi connectivity index (χ2n) is 7.89. The summed E-state index contributed by atoms with van der Waals surface area (Å²) in [5.41, 5.74) is 2.05. The van der Waals surface area contributed by atoms with Crippen LogP contribution in [0.4, 0.5) is 0 Å². The van der Waals surface area contributed by atoms with E-state index in [2.05, 4.69) is 4.98 Å². The lowest BCUT2D eigenvalue weighted by molar-refractivity contribution is 0.508.